The first-order valence-electron chi connectivity index (χ1n) is 5.21. The van der Waals surface area contributed by atoms with Gasteiger partial charge >= 0.3 is 0 Å². The number of hydrogen-bond donors (Lipinski definition) is 0. The van der Waals surface area contributed by atoms with Crippen LogP contribution in [0.25, 0.3) is 0 Å². The van der Waals surface area contributed by atoms with E-state index in [2.05, 4.69) is 10.3 Å². The van der Waals surface area contributed by atoms with Gasteiger partial charge in [-0.1, -0.05) is 5.21 Å². The highest BCUT2D eigenvalue weighted by Gasteiger charge is 2.17. The van der Waals surface area contributed by atoms with Crippen molar-refractivity contribution in [3.63, 3.8) is 0 Å². The normalized spacial score (nSPS) is 22.6. The fourth-order valence-corrected chi connectivity index (χ4v) is 2.09. The topological polar surface area (TPSA) is 39.9 Å². The lowest BCUT2D eigenvalue weighted by molar-refractivity contribution is 0.0849. The Labute approximate surface area is 84.3 Å². The maximum atomic E-state index is 5.39. The molecular formula is C10H17N3O. The summed E-state index contributed by atoms with van der Waals surface area (Å²) >= 11 is 0. The molecular weight excluding hydrogens is 178 g/mol. The largest absolute Gasteiger partial charge is 0.381 e. The first kappa shape index (κ1) is 9.65. The fourth-order valence-electron chi connectivity index (χ4n) is 2.09. The Morgan fingerprint density at radius 2 is 2.21 bits per heavy atom. The summed E-state index contributed by atoms with van der Waals surface area (Å²) in [5.41, 5.74) is 2.47. The van der Waals surface area contributed by atoms with Gasteiger partial charge in [-0.05, 0) is 32.1 Å². The van der Waals surface area contributed by atoms with Crippen LogP contribution in [0.5, 0.6) is 0 Å². The summed E-state index contributed by atoms with van der Waals surface area (Å²) in [6.07, 6.45) is 5.89. The maximum absolute atomic E-state index is 5.39. The molecule has 0 spiro atoms. The molecule has 14 heavy (non-hydrogen) atoms. The molecule has 0 bridgehead atoms. The Bertz CT molecular complexity index is 308. The van der Waals surface area contributed by atoms with E-state index in [-0.39, 0.29) is 0 Å². The van der Waals surface area contributed by atoms with Gasteiger partial charge < -0.3 is 4.74 Å². The van der Waals surface area contributed by atoms with Gasteiger partial charge in [0.2, 0.25) is 0 Å². The summed E-state index contributed by atoms with van der Waals surface area (Å²) in [5.74, 6) is 0. The van der Waals surface area contributed by atoms with Crippen molar-refractivity contribution in [2.24, 2.45) is 7.05 Å². The molecule has 0 saturated carbocycles. The first-order chi connectivity index (χ1) is 6.81. The molecule has 2 rings (SSSR count). The van der Waals surface area contributed by atoms with Gasteiger partial charge in [-0.2, -0.15) is 0 Å². The van der Waals surface area contributed by atoms with Crippen LogP contribution in [0.1, 0.15) is 30.7 Å². The quantitative estimate of drug-likeness (QED) is 0.673. The minimum absolute atomic E-state index is 0.408. The van der Waals surface area contributed by atoms with Gasteiger partial charge in [-0.15, -0.1) is 5.10 Å². The van der Waals surface area contributed by atoms with Crippen LogP contribution >= 0.6 is 0 Å². The lowest BCUT2D eigenvalue weighted by atomic mass is 9.99. The SMILES string of the molecule is COC1CCCc2c(nnn2C)CC1. The van der Waals surface area contributed by atoms with Crippen LogP contribution in [-0.4, -0.2) is 28.2 Å². The molecule has 4 nitrogen and oxygen atoms in total. The Kier molecular flexibility index (Phi) is 2.82. The molecule has 0 aliphatic heterocycles. The van der Waals surface area contributed by atoms with Crippen molar-refractivity contribution in [1.29, 1.82) is 0 Å². The van der Waals surface area contributed by atoms with E-state index in [4.69, 9.17) is 4.74 Å². The highest BCUT2D eigenvalue weighted by atomic mass is 16.5. The van der Waals surface area contributed by atoms with Crippen molar-refractivity contribution in [1.82, 2.24) is 15.0 Å². The van der Waals surface area contributed by atoms with E-state index in [1.54, 1.807) is 7.11 Å². The van der Waals surface area contributed by atoms with Crippen molar-refractivity contribution in [3.05, 3.63) is 11.4 Å². The molecule has 1 aliphatic carbocycles. The Morgan fingerprint density at radius 1 is 1.36 bits per heavy atom. The van der Waals surface area contributed by atoms with E-state index < -0.39 is 0 Å². The monoisotopic (exact) mass is 195 g/mol. The van der Waals surface area contributed by atoms with Crippen molar-refractivity contribution in [2.45, 2.75) is 38.2 Å². The minimum atomic E-state index is 0.408. The predicted octanol–water partition coefficient (Wildman–Crippen LogP) is 1.10. The third kappa shape index (κ3) is 1.80. The summed E-state index contributed by atoms with van der Waals surface area (Å²) in [6, 6.07) is 0. The van der Waals surface area contributed by atoms with Crippen LogP contribution < -0.4 is 0 Å². The highest BCUT2D eigenvalue weighted by Crippen LogP contribution is 2.19. The van der Waals surface area contributed by atoms with E-state index in [0.29, 0.717) is 6.10 Å². The van der Waals surface area contributed by atoms with Crippen LogP contribution in [0.4, 0.5) is 0 Å². The second kappa shape index (κ2) is 4.09. The summed E-state index contributed by atoms with van der Waals surface area (Å²) in [5, 5.41) is 8.24. The van der Waals surface area contributed by atoms with Gasteiger partial charge in [0, 0.05) is 14.2 Å². The van der Waals surface area contributed by atoms with Crippen molar-refractivity contribution >= 4 is 0 Å². The predicted molar refractivity (Wildman–Crippen MR) is 53.1 cm³/mol. The molecule has 4 heteroatoms. The number of rotatable bonds is 1. The summed E-state index contributed by atoms with van der Waals surface area (Å²) in [6.45, 7) is 0. The van der Waals surface area contributed by atoms with Crippen molar-refractivity contribution in [2.75, 3.05) is 7.11 Å². The van der Waals surface area contributed by atoms with E-state index in [0.717, 1.165) is 31.4 Å². The number of fused-ring (bicyclic) bond motifs is 1. The Hall–Kier alpha value is -0.900. The molecule has 78 valence electrons. The Balaban J connectivity index is 2.14. The van der Waals surface area contributed by atoms with E-state index in [1.807, 2.05) is 11.7 Å². The average molecular weight is 195 g/mol. The molecule has 1 atom stereocenters. The van der Waals surface area contributed by atoms with Gasteiger partial charge in [-0.25, -0.2) is 0 Å². The van der Waals surface area contributed by atoms with Gasteiger partial charge in [-0.3, -0.25) is 4.68 Å². The third-order valence-electron chi connectivity index (χ3n) is 3.00. The number of nitrogens with zero attached hydrogens (tertiary/aromatic N) is 3. The zero-order valence-electron chi connectivity index (χ0n) is 8.86. The molecule has 0 amide bonds. The maximum Gasteiger partial charge on any atom is 0.0860 e. The first-order valence-corrected chi connectivity index (χ1v) is 5.21. The molecule has 1 aromatic rings. The van der Waals surface area contributed by atoms with E-state index >= 15 is 0 Å². The molecule has 1 unspecified atom stereocenters. The van der Waals surface area contributed by atoms with Crippen molar-refractivity contribution < 1.29 is 4.74 Å². The van der Waals surface area contributed by atoms with Crippen LogP contribution in [0.2, 0.25) is 0 Å². The Morgan fingerprint density at radius 3 is 3.00 bits per heavy atom. The number of methoxy groups -OCH3 is 1. The molecule has 0 aromatic carbocycles. The average Bonchev–Trinajstić information content (AvgIpc) is 2.47. The lowest BCUT2D eigenvalue weighted by Gasteiger charge is -2.17. The second-order valence-electron chi connectivity index (χ2n) is 3.90. The van der Waals surface area contributed by atoms with Gasteiger partial charge in [0.1, 0.15) is 0 Å². The van der Waals surface area contributed by atoms with Crippen LogP contribution in [-0.2, 0) is 24.6 Å². The molecule has 0 N–H and O–H groups in total. The van der Waals surface area contributed by atoms with Gasteiger partial charge in [0.25, 0.3) is 0 Å². The van der Waals surface area contributed by atoms with Gasteiger partial charge in [0.15, 0.2) is 0 Å². The summed E-state index contributed by atoms with van der Waals surface area (Å²) in [7, 11) is 3.77. The second-order valence-corrected chi connectivity index (χ2v) is 3.90. The minimum Gasteiger partial charge on any atom is -0.381 e. The fraction of sp³-hybridized carbons (Fsp3) is 0.800. The molecule has 1 aromatic heterocycles. The smallest absolute Gasteiger partial charge is 0.0860 e. The molecule has 0 radical (unpaired) electrons. The molecule has 0 fully saturated rings. The zero-order chi connectivity index (χ0) is 9.97. The van der Waals surface area contributed by atoms with Crippen molar-refractivity contribution in [3.8, 4) is 0 Å². The standard InChI is InChI=1S/C10H17N3O/c1-13-10-5-3-4-8(14-2)6-7-9(10)11-12-13/h8H,3-7H2,1-2H3. The highest BCUT2D eigenvalue weighted by molar-refractivity contribution is 5.11. The summed E-state index contributed by atoms with van der Waals surface area (Å²) < 4.78 is 7.30. The third-order valence-corrected chi connectivity index (χ3v) is 3.00. The van der Waals surface area contributed by atoms with E-state index in [1.165, 1.54) is 12.1 Å². The molecule has 1 heterocycles. The van der Waals surface area contributed by atoms with Crippen LogP contribution in [0.15, 0.2) is 0 Å². The molecule has 0 saturated heterocycles. The van der Waals surface area contributed by atoms with Gasteiger partial charge in [0.05, 0.1) is 17.5 Å². The summed E-state index contributed by atoms with van der Waals surface area (Å²) in [4.78, 5) is 0. The number of hydrogen-bond acceptors (Lipinski definition) is 3. The van der Waals surface area contributed by atoms with E-state index in [9.17, 15) is 0 Å². The lowest BCUT2D eigenvalue weighted by Crippen LogP contribution is -2.16. The number of aromatic nitrogens is 3. The zero-order valence-corrected chi connectivity index (χ0v) is 8.86. The molecule has 1 aliphatic rings. The number of aryl methyl sites for hydroxylation is 2. The van der Waals surface area contributed by atoms with Crippen LogP contribution in [0.3, 0.4) is 0 Å². The number of ether oxygens (including phenoxy) is 1. The van der Waals surface area contributed by atoms with Crippen LogP contribution in [0, 0.1) is 0 Å².